The molecule has 4 N–H and O–H groups in total. The van der Waals surface area contributed by atoms with E-state index in [0.717, 1.165) is 56.2 Å². The van der Waals surface area contributed by atoms with Crippen molar-refractivity contribution in [3.8, 4) is 0 Å². The summed E-state index contributed by atoms with van der Waals surface area (Å²) >= 11 is 0. The van der Waals surface area contributed by atoms with E-state index in [1.807, 2.05) is 128 Å². The zero-order chi connectivity index (χ0) is 44.3. The van der Waals surface area contributed by atoms with Crippen LogP contribution in [0, 0.1) is 13.8 Å². The molecule has 0 saturated carbocycles. The standard InChI is InChI=1S/C31H28N6O2.2C7H8O3S/c1-21(38)32-27-12-13-28-29(16-19-37(3)30(28)20-27)34-24-6-4-22(5-7-24)31(39)35-25-10-8-23(9-11-25)33-26-14-17-36(2)18-15-26;2*1-6-2-4-7(5-3-6)11(8,9)10/h4-20H,1-3H3,(H2,32,34,35,38,39);2*2-5H,1H3,(H,8,9,10). The topological polar surface area (TPSA) is 204 Å². The average Bonchev–Trinajstić information content (AvgIpc) is 3.21. The monoisotopic (exact) mass is 860 g/mol. The summed E-state index contributed by atoms with van der Waals surface area (Å²) in [4.78, 5) is 23.9. The summed E-state index contributed by atoms with van der Waals surface area (Å²) in [5.74, 6) is -0.289. The fourth-order valence-corrected chi connectivity index (χ4v) is 6.60. The van der Waals surface area contributed by atoms with Gasteiger partial charge in [0.1, 0.15) is 34.3 Å². The van der Waals surface area contributed by atoms with E-state index in [4.69, 9.17) is 0 Å². The van der Waals surface area contributed by atoms with Crippen molar-refractivity contribution < 1.29 is 44.7 Å². The SMILES string of the molecule is CC(=O)Nc1ccc2c(Nc3ccc(C(=O)Nc4ccc(Nc5cc[n+](C)cc5)cc4)cc3)cc[n+](C)c2c1.Cc1ccc(S(=O)(=O)[O-])cc1.Cc1ccc(S(=O)(=O)[O-])cc1. The molecular weight excluding hydrogens is 817 g/mol. The second-order valence-electron chi connectivity index (χ2n) is 13.9. The molecular formula is C45H44N6O8S2. The first-order valence-corrected chi connectivity index (χ1v) is 21.4. The Morgan fingerprint density at radius 3 is 1.49 bits per heavy atom. The van der Waals surface area contributed by atoms with Crippen LogP contribution in [0.5, 0.6) is 0 Å². The van der Waals surface area contributed by atoms with Crippen molar-refractivity contribution in [2.45, 2.75) is 30.6 Å². The van der Waals surface area contributed by atoms with Gasteiger partial charge in [-0.05, 0) is 98.8 Å². The van der Waals surface area contributed by atoms with Crippen LogP contribution < -0.4 is 30.4 Å². The van der Waals surface area contributed by atoms with Crippen molar-refractivity contribution in [1.29, 1.82) is 0 Å². The van der Waals surface area contributed by atoms with Crippen LogP contribution in [0.4, 0.5) is 34.1 Å². The third-order valence-electron chi connectivity index (χ3n) is 8.91. The van der Waals surface area contributed by atoms with E-state index < -0.39 is 20.2 Å². The molecule has 7 aromatic rings. The lowest BCUT2D eigenvalue weighted by Crippen LogP contribution is -2.28. The summed E-state index contributed by atoms with van der Waals surface area (Å²) in [6, 6.07) is 38.3. The first-order valence-electron chi connectivity index (χ1n) is 18.6. The second kappa shape index (κ2) is 19.8. The first-order chi connectivity index (χ1) is 28.8. The summed E-state index contributed by atoms with van der Waals surface area (Å²) in [7, 11) is -4.60. The molecule has 2 amide bonds. The van der Waals surface area contributed by atoms with Crippen molar-refractivity contribution in [2.24, 2.45) is 14.1 Å². The van der Waals surface area contributed by atoms with Gasteiger partial charge in [-0.2, -0.15) is 0 Å². The maximum Gasteiger partial charge on any atom is 0.255 e. The summed E-state index contributed by atoms with van der Waals surface area (Å²) in [6.07, 6.45) is 5.92. The van der Waals surface area contributed by atoms with Gasteiger partial charge in [-0.15, -0.1) is 0 Å². The van der Waals surface area contributed by atoms with Crippen molar-refractivity contribution in [3.05, 3.63) is 169 Å². The number of aryl methyl sites for hydroxylation is 4. The molecule has 0 saturated heterocycles. The van der Waals surface area contributed by atoms with Gasteiger partial charge in [0.25, 0.3) is 5.91 Å². The minimum Gasteiger partial charge on any atom is -0.744 e. The van der Waals surface area contributed by atoms with Gasteiger partial charge < -0.3 is 30.4 Å². The number of nitrogens with zero attached hydrogens (tertiary/aromatic N) is 2. The highest BCUT2D eigenvalue weighted by Gasteiger charge is 2.13. The summed E-state index contributed by atoms with van der Waals surface area (Å²) in [5.41, 5.74) is 8.56. The molecule has 314 valence electrons. The Morgan fingerprint density at radius 1 is 0.525 bits per heavy atom. The Labute approximate surface area is 355 Å². The van der Waals surface area contributed by atoms with Gasteiger partial charge in [-0.1, -0.05) is 35.4 Å². The highest BCUT2D eigenvalue weighted by atomic mass is 32.2. The normalized spacial score (nSPS) is 10.9. The number of carbonyl (C=O) groups excluding carboxylic acids is 2. The zero-order valence-corrected chi connectivity index (χ0v) is 35.5. The molecule has 0 aliphatic heterocycles. The number of carbonyl (C=O) groups is 2. The molecule has 0 fully saturated rings. The van der Waals surface area contributed by atoms with Crippen LogP contribution in [-0.4, -0.2) is 37.8 Å². The number of hydrogen-bond acceptors (Lipinski definition) is 10. The number of nitrogens with one attached hydrogen (secondary N) is 4. The summed E-state index contributed by atoms with van der Waals surface area (Å²) in [5, 5.41) is 13.6. The maximum absolute atomic E-state index is 12.8. The molecule has 0 spiro atoms. The van der Waals surface area contributed by atoms with Crippen molar-refractivity contribution in [3.63, 3.8) is 0 Å². The van der Waals surface area contributed by atoms with E-state index >= 15 is 0 Å². The molecule has 0 bridgehead atoms. The van der Waals surface area contributed by atoms with E-state index in [1.54, 1.807) is 36.4 Å². The number of benzene rings is 5. The van der Waals surface area contributed by atoms with Crippen LogP contribution in [0.1, 0.15) is 28.4 Å². The van der Waals surface area contributed by atoms with E-state index in [2.05, 4.69) is 21.3 Å². The van der Waals surface area contributed by atoms with E-state index in [-0.39, 0.29) is 21.6 Å². The molecule has 2 aromatic heterocycles. The third-order valence-corrected chi connectivity index (χ3v) is 10.6. The summed E-state index contributed by atoms with van der Waals surface area (Å²) in [6.45, 7) is 5.13. The van der Waals surface area contributed by atoms with Crippen LogP contribution in [0.25, 0.3) is 10.9 Å². The lowest BCUT2D eigenvalue weighted by atomic mass is 10.1. The van der Waals surface area contributed by atoms with Crippen LogP contribution >= 0.6 is 0 Å². The zero-order valence-electron chi connectivity index (χ0n) is 33.9. The van der Waals surface area contributed by atoms with Crippen LogP contribution in [-0.2, 0) is 39.1 Å². The number of fused-ring (bicyclic) bond motifs is 1. The molecule has 0 radical (unpaired) electrons. The number of amides is 2. The van der Waals surface area contributed by atoms with Gasteiger partial charge >= 0.3 is 0 Å². The Balaban J connectivity index is 0.000000259. The first kappa shape index (κ1) is 45.1. The highest BCUT2D eigenvalue weighted by Crippen LogP contribution is 2.27. The molecule has 5 aromatic carbocycles. The molecule has 14 nitrogen and oxygen atoms in total. The minimum atomic E-state index is -4.27. The van der Waals surface area contributed by atoms with E-state index in [1.165, 1.54) is 31.2 Å². The predicted octanol–water partition coefficient (Wildman–Crippen LogP) is 6.98. The van der Waals surface area contributed by atoms with Gasteiger partial charge in [-0.3, -0.25) is 9.59 Å². The number of pyridine rings is 2. The lowest BCUT2D eigenvalue weighted by molar-refractivity contribution is -0.671. The fourth-order valence-electron chi connectivity index (χ4n) is 5.66. The Hall–Kier alpha value is -6.98. The largest absolute Gasteiger partial charge is 0.744 e. The van der Waals surface area contributed by atoms with Gasteiger partial charge in [0.2, 0.25) is 11.4 Å². The predicted molar refractivity (Wildman–Crippen MR) is 233 cm³/mol. The number of hydrogen-bond donors (Lipinski definition) is 4. The van der Waals surface area contributed by atoms with E-state index in [9.17, 15) is 35.5 Å². The smallest absolute Gasteiger partial charge is 0.255 e. The van der Waals surface area contributed by atoms with Gasteiger partial charge in [-0.25, -0.2) is 26.0 Å². The number of rotatable bonds is 9. The fraction of sp³-hybridized carbons (Fsp3) is 0.111. The highest BCUT2D eigenvalue weighted by molar-refractivity contribution is 7.86. The molecule has 0 aliphatic carbocycles. The van der Waals surface area contributed by atoms with E-state index in [0.29, 0.717) is 5.56 Å². The molecule has 16 heteroatoms. The number of anilines is 6. The Morgan fingerprint density at radius 2 is 0.984 bits per heavy atom. The van der Waals surface area contributed by atoms with Crippen molar-refractivity contribution in [2.75, 3.05) is 21.3 Å². The summed E-state index contributed by atoms with van der Waals surface area (Å²) < 4.78 is 66.3. The molecule has 0 unspecified atom stereocenters. The maximum atomic E-state index is 12.8. The molecule has 7 rings (SSSR count). The van der Waals surface area contributed by atoms with Gasteiger partial charge in [0, 0.05) is 59.5 Å². The van der Waals surface area contributed by atoms with Crippen LogP contribution in [0.3, 0.4) is 0 Å². The number of aromatic nitrogens is 2. The van der Waals surface area contributed by atoms with Crippen molar-refractivity contribution in [1.82, 2.24) is 0 Å². The molecule has 0 aliphatic rings. The van der Waals surface area contributed by atoms with Crippen LogP contribution in [0.2, 0.25) is 0 Å². The average molecular weight is 861 g/mol. The van der Waals surface area contributed by atoms with Crippen molar-refractivity contribution >= 4 is 77.1 Å². The third kappa shape index (κ3) is 13.5. The minimum absolute atomic E-state index is 0.109. The Bertz CT molecular complexity index is 2780. The second-order valence-corrected chi connectivity index (χ2v) is 16.7. The molecule has 2 heterocycles. The molecule has 0 atom stereocenters. The van der Waals surface area contributed by atoms with Crippen LogP contribution in [0.15, 0.2) is 162 Å². The van der Waals surface area contributed by atoms with Gasteiger partial charge in [0.15, 0.2) is 18.6 Å². The van der Waals surface area contributed by atoms with Gasteiger partial charge in [0.05, 0.1) is 26.6 Å². The quantitative estimate of drug-likeness (QED) is 0.0866. The Kier molecular flexibility index (Phi) is 14.7. The lowest BCUT2D eigenvalue weighted by Gasteiger charge is -2.11. The molecule has 61 heavy (non-hydrogen) atoms.